The summed E-state index contributed by atoms with van der Waals surface area (Å²) in [7, 11) is 0. The van der Waals surface area contributed by atoms with E-state index < -0.39 is 5.97 Å². The van der Waals surface area contributed by atoms with Gasteiger partial charge in [-0.2, -0.15) is 5.26 Å². The molecule has 0 unspecified atom stereocenters. The van der Waals surface area contributed by atoms with Gasteiger partial charge in [0.1, 0.15) is 12.4 Å². The molecule has 0 radical (unpaired) electrons. The van der Waals surface area contributed by atoms with Crippen LogP contribution in [-0.4, -0.2) is 11.1 Å². The van der Waals surface area contributed by atoms with Crippen molar-refractivity contribution in [2.24, 2.45) is 0 Å². The summed E-state index contributed by atoms with van der Waals surface area (Å²) in [5.74, 6) is -0.362. The van der Waals surface area contributed by atoms with E-state index in [1.54, 1.807) is 36.4 Å². The van der Waals surface area contributed by atoms with E-state index in [1.807, 2.05) is 6.07 Å². The topological polar surface area (TPSA) is 70.3 Å². The Morgan fingerprint density at radius 3 is 2.76 bits per heavy atom. The smallest absolute Gasteiger partial charge is 0.307 e. The Morgan fingerprint density at radius 2 is 2.05 bits per heavy atom. The predicted molar refractivity (Wildman–Crippen MR) is 81.0 cm³/mol. The molecule has 0 atom stereocenters. The molecule has 4 nitrogen and oxygen atoms in total. The molecule has 0 spiro atoms. The zero-order valence-electron chi connectivity index (χ0n) is 11.0. The number of carbonyl (C=O) groups is 1. The second-order valence-electron chi connectivity index (χ2n) is 4.43. The van der Waals surface area contributed by atoms with Crippen LogP contribution in [0.2, 0.25) is 0 Å². The van der Waals surface area contributed by atoms with Crippen LogP contribution in [0.15, 0.2) is 46.9 Å². The van der Waals surface area contributed by atoms with Crippen molar-refractivity contribution in [3.63, 3.8) is 0 Å². The third kappa shape index (κ3) is 4.33. The number of para-hydroxylation sites is 1. The van der Waals surface area contributed by atoms with Crippen LogP contribution < -0.4 is 4.74 Å². The standard InChI is InChI=1S/C16H12BrNO3/c17-14-6-11(9-18)5-12(7-14)10-21-15-4-2-1-3-13(15)8-16(19)20/h1-7H,8,10H2,(H,19,20). The molecule has 2 rings (SSSR count). The fourth-order valence-corrected chi connectivity index (χ4v) is 2.45. The zero-order valence-corrected chi connectivity index (χ0v) is 12.6. The summed E-state index contributed by atoms with van der Waals surface area (Å²) < 4.78 is 6.49. The minimum absolute atomic E-state index is 0.0852. The molecule has 0 amide bonds. The zero-order chi connectivity index (χ0) is 15.2. The van der Waals surface area contributed by atoms with Crippen molar-refractivity contribution in [2.75, 3.05) is 0 Å². The second-order valence-corrected chi connectivity index (χ2v) is 5.34. The summed E-state index contributed by atoms with van der Waals surface area (Å²) >= 11 is 3.34. The van der Waals surface area contributed by atoms with Gasteiger partial charge in [-0.05, 0) is 29.8 Å². The van der Waals surface area contributed by atoms with Crippen LogP contribution in [0.1, 0.15) is 16.7 Å². The van der Waals surface area contributed by atoms with E-state index in [0.29, 0.717) is 16.9 Å². The van der Waals surface area contributed by atoms with Gasteiger partial charge in [0.25, 0.3) is 0 Å². The number of carboxylic acids is 1. The van der Waals surface area contributed by atoms with Gasteiger partial charge in [-0.25, -0.2) is 0 Å². The Bertz CT molecular complexity index is 707. The molecular weight excluding hydrogens is 334 g/mol. The fraction of sp³-hybridized carbons (Fsp3) is 0.125. The molecule has 106 valence electrons. The van der Waals surface area contributed by atoms with Gasteiger partial charge >= 0.3 is 5.97 Å². The number of hydrogen-bond acceptors (Lipinski definition) is 3. The van der Waals surface area contributed by atoms with Gasteiger partial charge in [-0.3, -0.25) is 4.79 Å². The summed E-state index contributed by atoms with van der Waals surface area (Å²) in [6.07, 6.45) is -0.0852. The van der Waals surface area contributed by atoms with Crippen molar-refractivity contribution in [2.45, 2.75) is 13.0 Å². The number of halogens is 1. The lowest BCUT2D eigenvalue weighted by atomic mass is 10.1. The average Bonchev–Trinajstić information content (AvgIpc) is 2.45. The van der Waals surface area contributed by atoms with Gasteiger partial charge in [0.2, 0.25) is 0 Å². The summed E-state index contributed by atoms with van der Waals surface area (Å²) in [5, 5.41) is 17.8. The van der Waals surface area contributed by atoms with Gasteiger partial charge in [-0.1, -0.05) is 34.1 Å². The molecule has 0 aliphatic carbocycles. The lowest BCUT2D eigenvalue weighted by Crippen LogP contribution is -2.04. The molecule has 0 aromatic heterocycles. The average molecular weight is 346 g/mol. The molecule has 21 heavy (non-hydrogen) atoms. The number of ether oxygens (including phenoxy) is 1. The van der Waals surface area contributed by atoms with Crippen LogP contribution in [0.25, 0.3) is 0 Å². The van der Waals surface area contributed by atoms with Crippen molar-refractivity contribution in [3.05, 3.63) is 63.6 Å². The highest BCUT2D eigenvalue weighted by molar-refractivity contribution is 9.10. The summed E-state index contributed by atoms with van der Waals surface area (Å²) in [6.45, 7) is 0.269. The van der Waals surface area contributed by atoms with E-state index in [2.05, 4.69) is 22.0 Å². The summed E-state index contributed by atoms with van der Waals surface area (Å²) in [5.41, 5.74) is 2.01. The molecule has 0 bridgehead atoms. The summed E-state index contributed by atoms with van der Waals surface area (Å²) in [6, 6.07) is 14.4. The fourth-order valence-electron chi connectivity index (χ4n) is 1.91. The third-order valence-corrected chi connectivity index (χ3v) is 3.25. The van der Waals surface area contributed by atoms with Gasteiger partial charge < -0.3 is 9.84 Å². The van der Waals surface area contributed by atoms with E-state index >= 15 is 0 Å². The number of benzene rings is 2. The monoisotopic (exact) mass is 345 g/mol. The minimum atomic E-state index is -0.903. The highest BCUT2D eigenvalue weighted by Gasteiger charge is 2.08. The third-order valence-electron chi connectivity index (χ3n) is 2.80. The lowest BCUT2D eigenvalue weighted by Gasteiger charge is -2.10. The first-order valence-electron chi connectivity index (χ1n) is 6.20. The number of nitrogens with zero attached hydrogens (tertiary/aromatic N) is 1. The molecule has 0 aliphatic rings. The van der Waals surface area contributed by atoms with Crippen LogP contribution in [0.4, 0.5) is 0 Å². The summed E-state index contributed by atoms with van der Waals surface area (Å²) in [4.78, 5) is 10.8. The molecular formula is C16H12BrNO3. The molecule has 1 N–H and O–H groups in total. The number of hydrogen-bond donors (Lipinski definition) is 1. The van der Waals surface area contributed by atoms with Crippen LogP contribution >= 0.6 is 15.9 Å². The molecule has 2 aromatic rings. The molecule has 0 heterocycles. The first kappa shape index (κ1) is 15.1. The van der Waals surface area contributed by atoms with Gasteiger partial charge in [-0.15, -0.1) is 0 Å². The van der Waals surface area contributed by atoms with E-state index in [4.69, 9.17) is 15.1 Å². The predicted octanol–water partition coefficient (Wildman–Crippen LogP) is 3.53. The van der Waals surface area contributed by atoms with Crippen molar-refractivity contribution in [1.82, 2.24) is 0 Å². The lowest BCUT2D eigenvalue weighted by molar-refractivity contribution is -0.136. The van der Waals surface area contributed by atoms with Crippen molar-refractivity contribution < 1.29 is 14.6 Å². The Hall–Kier alpha value is -2.32. The van der Waals surface area contributed by atoms with Gasteiger partial charge in [0, 0.05) is 10.0 Å². The molecule has 5 heteroatoms. The SMILES string of the molecule is N#Cc1cc(Br)cc(COc2ccccc2CC(=O)O)c1. The van der Waals surface area contributed by atoms with Gasteiger partial charge in [0.15, 0.2) is 0 Å². The number of carboxylic acid groups (broad SMARTS) is 1. The Kier molecular flexibility index (Phi) is 4.96. The normalized spacial score (nSPS) is 9.90. The maximum Gasteiger partial charge on any atom is 0.307 e. The maximum atomic E-state index is 10.8. The maximum absolute atomic E-state index is 10.8. The molecule has 0 saturated heterocycles. The first-order valence-corrected chi connectivity index (χ1v) is 7.00. The van der Waals surface area contributed by atoms with Crippen LogP contribution in [0.5, 0.6) is 5.75 Å². The van der Waals surface area contributed by atoms with Crippen LogP contribution in [0, 0.1) is 11.3 Å². The van der Waals surface area contributed by atoms with E-state index in [0.717, 1.165) is 10.0 Å². The number of nitriles is 1. The second kappa shape index (κ2) is 6.91. The highest BCUT2D eigenvalue weighted by Crippen LogP contribution is 2.21. The molecule has 2 aromatic carbocycles. The highest BCUT2D eigenvalue weighted by atomic mass is 79.9. The van der Waals surface area contributed by atoms with E-state index in [1.165, 1.54) is 0 Å². The van der Waals surface area contributed by atoms with Crippen LogP contribution in [0.3, 0.4) is 0 Å². The van der Waals surface area contributed by atoms with Crippen molar-refractivity contribution in [3.8, 4) is 11.8 Å². The quantitative estimate of drug-likeness (QED) is 0.899. The molecule has 0 fully saturated rings. The number of rotatable bonds is 5. The minimum Gasteiger partial charge on any atom is -0.489 e. The first-order chi connectivity index (χ1) is 10.1. The largest absolute Gasteiger partial charge is 0.489 e. The Balaban J connectivity index is 2.15. The molecule has 0 aliphatic heterocycles. The Morgan fingerprint density at radius 1 is 1.29 bits per heavy atom. The van der Waals surface area contributed by atoms with Crippen molar-refractivity contribution >= 4 is 21.9 Å². The molecule has 0 saturated carbocycles. The number of aliphatic carboxylic acids is 1. The Labute approximate surface area is 130 Å². The van der Waals surface area contributed by atoms with Crippen LogP contribution in [-0.2, 0) is 17.8 Å². The van der Waals surface area contributed by atoms with Gasteiger partial charge in [0.05, 0.1) is 18.1 Å². The van der Waals surface area contributed by atoms with E-state index in [9.17, 15) is 4.79 Å². The van der Waals surface area contributed by atoms with Crippen molar-refractivity contribution in [1.29, 1.82) is 5.26 Å². The van der Waals surface area contributed by atoms with E-state index in [-0.39, 0.29) is 13.0 Å².